The van der Waals surface area contributed by atoms with Gasteiger partial charge in [-0.25, -0.2) is 0 Å². The highest BCUT2D eigenvalue weighted by Crippen LogP contribution is 2.43. The molecule has 49 heavy (non-hydrogen) atoms. The van der Waals surface area contributed by atoms with Gasteiger partial charge >= 0.3 is 6.18 Å². The number of hydrogen-bond donors (Lipinski definition) is 4. The quantitative estimate of drug-likeness (QED) is 0.242. The molecule has 1 spiro atoms. The standard InChI is InChI=1S/C31H30ClF3N8O6/c1-15-25(46)24(39-38-15)28(48)41-10-8-30(9-11-41)23-21(14-49-30)42(13-22(45)36-20-7-4-17(12-19(20)32)31(33,34)35)29-37-26(40-43(29)27(23)47)16-2-5-18(44)6-3-16/h2,4,7,12,18,44,46H,3,5-6,8-11,13-14H2,1H3,(H,36,45)(H,38,39). The minimum absolute atomic E-state index is 0.0373. The molecule has 2 amide bonds. The molecule has 4 N–H and O–H groups in total. The molecule has 7 rings (SSSR count). The third-order valence-corrected chi connectivity index (χ3v) is 9.64. The summed E-state index contributed by atoms with van der Waals surface area (Å²) in [7, 11) is 0. The molecule has 14 nitrogen and oxygen atoms in total. The van der Waals surface area contributed by atoms with Crippen LogP contribution in [0.4, 0.5) is 18.9 Å². The van der Waals surface area contributed by atoms with Crippen LogP contribution in [0.15, 0.2) is 29.1 Å². The Bertz CT molecular complexity index is 2100. The predicted molar refractivity (Wildman–Crippen MR) is 167 cm³/mol. The molecule has 3 aliphatic rings. The van der Waals surface area contributed by atoms with Crippen LogP contribution in [0.2, 0.25) is 5.02 Å². The fourth-order valence-corrected chi connectivity index (χ4v) is 6.87. The largest absolute Gasteiger partial charge is 0.504 e. The number of alkyl halides is 3. The van der Waals surface area contributed by atoms with Gasteiger partial charge < -0.3 is 29.7 Å². The van der Waals surface area contributed by atoms with Gasteiger partial charge in [0.15, 0.2) is 17.3 Å². The van der Waals surface area contributed by atoms with Gasteiger partial charge in [0.2, 0.25) is 11.7 Å². The van der Waals surface area contributed by atoms with E-state index in [0.717, 1.165) is 28.3 Å². The van der Waals surface area contributed by atoms with Crippen molar-refractivity contribution in [3.8, 4) is 5.75 Å². The molecule has 1 fully saturated rings. The number of rotatable bonds is 5. The normalized spacial score (nSPS) is 18.9. The van der Waals surface area contributed by atoms with Crippen molar-refractivity contribution in [2.24, 2.45) is 0 Å². The Hall–Kier alpha value is -4.74. The zero-order chi connectivity index (χ0) is 34.8. The van der Waals surface area contributed by atoms with Crippen LogP contribution >= 0.6 is 11.6 Å². The van der Waals surface area contributed by atoms with Gasteiger partial charge in [-0.15, -0.1) is 5.10 Å². The van der Waals surface area contributed by atoms with Gasteiger partial charge in [-0.05, 0) is 62.8 Å². The van der Waals surface area contributed by atoms with E-state index in [-0.39, 0.29) is 77.6 Å². The number of aryl methyl sites for hydroxylation is 1. The van der Waals surface area contributed by atoms with Gasteiger partial charge in [-0.2, -0.15) is 27.8 Å². The molecule has 0 saturated carbocycles. The van der Waals surface area contributed by atoms with Crippen molar-refractivity contribution in [2.75, 3.05) is 18.4 Å². The molecule has 3 aromatic heterocycles. The zero-order valence-corrected chi connectivity index (χ0v) is 26.7. The Morgan fingerprint density at radius 3 is 2.63 bits per heavy atom. The van der Waals surface area contributed by atoms with Crippen LogP contribution < -0.4 is 10.9 Å². The number of nitrogens with one attached hydrogen (secondary N) is 2. The number of halogens is 4. The van der Waals surface area contributed by atoms with Gasteiger partial charge in [0, 0.05) is 13.1 Å². The topological polar surface area (TPSA) is 180 Å². The van der Waals surface area contributed by atoms with Crippen LogP contribution in [-0.2, 0) is 34.5 Å². The summed E-state index contributed by atoms with van der Waals surface area (Å²) >= 11 is 6.09. The number of carbonyl (C=O) groups is 2. The SMILES string of the molecule is Cc1n[nH]c(C(=O)N2CCC3(CC2)OCc2c3c(=O)n3nc(C4=CCC(O)CC4)nc3n2CC(=O)Nc2ccc(C(F)(F)F)cc2Cl)c1O. The summed E-state index contributed by atoms with van der Waals surface area (Å²) < 4.78 is 48.4. The number of piperidine rings is 1. The molecular formula is C31H30ClF3N8O6. The first-order valence-electron chi connectivity index (χ1n) is 15.5. The van der Waals surface area contributed by atoms with Crippen molar-refractivity contribution in [3.05, 3.63) is 73.7 Å². The van der Waals surface area contributed by atoms with E-state index in [4.69, 9.17) is 16.3 Å². The first-order valence-corrected chi connectivity index (χ1v) is 15.9. The Labute approximate surface area is 280 Å². The number of aromatic amines is 1. The fraction of sp³-hybridized carbons (Fsp3) is 0.419. The maximum atomic E-state index is 14.2. The van der Waals surface area contributed by atoms with Gasteiger partial charge in [-0.1, -0.05) is 17.7 Å². The van der Waals surface area contributed by atoms with Gasteiger partial charge in [0.1, 0.15) is 17.8 Å². The molecule has 1 aromatic carbocycles. The maximum absolute atomic E-state index is 14.2. The summed E-state index contributed by atoms with van der Waals surface area (Å²) in [5.74, 6) is -1.03. The highest BCUT2D eigenvalue weighted by molar-refractivity contribution is 6.33. The van der Waals surface area contributed by atoms with E-state index >= 15 is 0 Å². The second-order valence-corrected chi connectivity index (χ2v) is 12.8. The molecule has 0 bridgehead atoms. The van der Waals surface area contributed by atoms with Crippen LogP contribution in [-0.4, -0.2) is 75.5 Å². The molecule has 2 aliphatic heterocycles. The van der Waals surface area contributed by atoms with E-state index in [0.29, 0.717) is 25.0 Å². The van der Waals surface area contributed by atoms with Gasteiger partial charge in [-0.3, -0.25) is 19.5 Å². The highest BCUT2D eigenvalue weighted by atomic mass is 35.5. The van der Waals surface area contributed by atoms with E-state index in [1.54, 1.807) is 13.0 Å². The lowest BCUT2D eigenvalue weighted by Crippen LogP contribution is -2.47. The van der Waals surface area contributed by atoms with Crippen LogP contribution in [0, 0.1) is 6.92 Å². The minimum atomic E-state index is -4.62. The number of likely N-dealkylation sites (tertiary alicyclic amines) is 1. The summed E-state index contributed by atoms with van der Waals surface area (Å²) in [6.45, 7) is 1.43. The maximum Gasteiger partial charge on any atom is 0.416 e. The van der Waals surface area contributed by atoms with Crippen LogP contribution in [0.3, 0.4) is 0 Å². The summed E-state index contributed by atoms with van der Waals surface area (Å²) in [4.78, 5) is 46.9. The van der Waals surface area contributed by atoms with E-state index in [2.05, 4.69) is 25.6 Å². The Morgan fingerprint density at radius 2 is 2.00 bits per heavy atom. The van der Waals surface area contributed by atoms with Crippen molar-refractivity contribution >= 4 is 40.5 Å². The minimum Gasteiger partial charge on any atom is -0.504 e. The molecule has 5 heterocycles. The number of H-pyrrole nitrogens is 1. The molecule has 1 unspecified atom stereocenters. The Balaban J connectivity index is 1.24. The summed E-state index contributed by atoms with van der Waals surface area (Å²) in [5, 5.41) is 33.4. The number of allylic oxidation sites excluding steroid dienone is 1. The third-order valence-electron chi connectivity index (χ3n) is 9.32. The zero-order valence-electron chi connectivity index (χ0n) is 26.0. The Kier molecular flexibility index (Phi) is 8.03. The van der Waals surface area contributed by atoms with E-state index in [1.165, 1.54) is 9.47 Å². The Morgan fingerprint density at radius 1 is 1.24 bits per heavy atom. The third kappa shape index (κ3) is 5.74. The summed E-state index contributed by atoms with van der Waals surface area (Å²) in [5.41, 5.74) is -1.02. The lowest BCUT2D eigenvalue weighted by atomic mass is 9.85. The fourth-order valence-electron chi connectivity index (χ4n) is 6.64. The first kappa shape index (κ1) is 32.8. The van der Waals surface area contributed by atoms with Crippen LogP contribution in [0.5, 0.6) is 5.75 Å². The monoisotopic (exact) mass is 702 g/mol. The van der Waals surface area contributed by atoms with Crippen molar-refractivity contribution < 1.29 is 37.7 Å². The first-order chi connectivity index (χ1) is 23.3. The number of hydrogen-bond acceptors (Lipinski definition) is 9. The molecule has 0 radical (unpaired) electrons. The van der Waals surface area contributed by atoms with Crippen molar-refractivity contribution in [3.63, 3.8) is 0 Å². The number of aromatic nitrogens is 6. The lowest BCUT2D eigenvalue weighted by Gasteiger charge is -2.38. The molecule has 1 saturated heterocycles. The second kappa shape index (κ2) is 12.0. The molecular weight excluding hydrogens is 673 g/mol. The number of benzene rings is 1. The number of ether oxygens (including phenoxy) is 1. The lowest BCUT2D eigenvalue weighted by molar-refractivity contribution is -0.137. The van der Waals surface area contributed by atoms with E-state index < -0.39 is 47.4 Å². The van der Waals surface area contributed by atoms with E-state index in [9.17, 15) is 37.8 Å². The number of aliphatic hydroxyl groups is 1. The number of aromatic hydroxyl groups is 1. The van der Waals surface area contributed by atoms with Gasteiger partial charge in [0.25, 0.3) is 11.5 Å². The average molecular weight is 703 g/mol. The van der Waals surface area contributed by atoms with Crippen molar-refractivity contribution in [1.29, 1.82) is 0 Å². The number of nitrogens with zero attached hydrogens (tertiary/aromatic N) is 6. The number of carbonyl (C=O) groups excluding carboxylic acids is 2. The summed E-state index contributed by atoms with van der Waals surface area (Å²) in [6.07, 6.45) is -1.52. The van der Waals surface area contributed by atoms with Crippen LogP contribution in [0.25, 0.3) is 11.4 Å². The molecule has 18 heteroatoms. The van der Waals surface area contributed by atoms with Crippen molar-refractivity contribution in [1.82, 2.24) is 34.3 Å². The summed E-state index contributed by atoms with van der Waals surface area (Å²) in [6, 6.07) is 2.58. The average Bonchev–Trinajstić information content (AvgIpc) is 3.76. The van der Waals surface area contributed by atoms with Crippen LogP contribution in [0.1, 0.15) is 70.9 Å². The highest BCUT2D eigenvalue weighted by Gasteiger charge is 2.48. The number of fused-ring (bicyclic) bond motifs is 3. The smallest absolute Gasteiger partial charge is 0.416 e. The van der Waals surface area contributed by atoms with Gasteiger partial charge in [0.05, 0.1) is 40.2 Å². The van der Waals surface area contributed by atoms with Crippen molar-refractivity contribution in [2.45, 2.75) is 70.1 Å². The number of anilines is 1. The second-order valence-electron chi connectivity index (χ2n) is 12.4. The molecule has 258 valence electrons. The number of aliphatic hydroxyl groups excluding tert-OH is 1. The number of amides is 2. The predicted octanol–water partition coefficient (Wildman–Crippen LogP) is 3.53. The molecule has 1 atom stereocenters. The van der Waals surface area contributed by atoms with E-state index in [1.807, 2.05) is 0 Å². The molecule has 4 aromatic rings. The molecule has 1 aliphatic carbocycles.